The van der Waals surface area contributed by atoms with E-state index < -0.39 is 0 Å². The van der Waals surface area contributed by atoms with Crippen molar-refractivity contribution < 1.29 is 9.50 Å². The lowest BCUT2D eigenvalue weighted by Gasteiger charge is -2.27. The highest BCUT2D eigenvalue weighted by molar-refractivity contribution is 6.30. The summed E-state index contributed by atoms with van der Waals surface area (Å²) in [6.07, 6.45) is 1.94. The van der Waals surface area contributed by atoms with Crippen molar-refractivity contribution >= 4 is 28.3 Å². The Morgan fingerprint density at radius 1 is 1.00 bits per heavy atom. The van der Waals surface area contributed by atoms with E-state index in [0.29, 0.717) is 33.1 Å². The van der Waals surface area contributed by atoms with E-state index in [0.717, 1.165) is 24.9 Å². The molecule has 1 atom stereocenters. The standard InChI is InChI=1S/C24H19ClFN3O/c25-16-6-3-5-15(13-16)21-8-4-12-29(21)24-19-14-17(26)10-11-20(19)27-23(28-24)18-7-1-2-9-22(18)30/h1-3,5-7,9-11,13-14,21,30H,4,8,12H2. The third-order valence-electron chi connectivity index (χ3n) is 5.54. The van der Waals surface area contributed by atoms with Crippen LogP contribution in [0.5, 0.6) is 5.75 Å². The number of benzene rings is 3. The number of hydrogen-bond acceptors (Lipinski definition) is 4. The molecule has 0 saturated carbocycles. The van der Waals surface area contributed by atoms with Gasteiger partial charge in [-0.05, 0) is 60.9 Å². The monoisotopic (exact) mass is 419 g/mol. The molecule has 0 aliphatic carbocycles. The SMILES string of the molecule is Oc1ccccc1-c1nc(N2CCCC2c2cccc(Cl)c2)c2cc(F)ccc2n1. The first-order chi connectivity index (χ1) is 14.6. The molecule has 30 heavy (non-hydrogen) atoms. The van der Waals surface area contributed by atoms with E-state index in [1.54, 1.807) is 24.3 Å². The fraction of sp³-hybridized carbons (Fsp3) is 0.167. The zero-order valence-corrected chi connectivity index (χ0v) is 16.9. The molecule has 3 aromatic carbocycles. The molecular weight excluding hydrogens is 401 g/mol. The molecule has 1 fully saturated rings. The number of nitrogens with zero attached hydrogens (tertiary/aromatic N) is 3. The number of hydrogen-bond donors (Lipinski definition) is 1. The number of phenols is 1. The highest BCUT2D eigenvalue weighted by Gasteiger charge is 2.29. The number of halogens is 2. The molecule has 2 heterocycles. The maximum Gasteiger partial charge on any atom is 0.165 e. The molecular formula is C24H19ClFN3O. The van der Waals surface area contributed by atoms with Gasteiger partial charge < -0.3 is 10.0 Å². The largest absolute Gasteiger partial charge is 0.507 e. The number of aromatic hydroxyl groups is 1. The van der Waals surface area contributed by atoms with Gasteiger partial charge in [0.15, 0.2) is 5.82 Å². The first kappa shape index (κ1) is 18.8. The quantitative estimate of drug-likeness (QED) is 0.433. The van der Waals surface area contributed by atoms with Gasteiger partial charge in [0.05, 0.1) is 17.1 Å². The van der Waals surface area contributed by atoms with Crippen LogP contribution < -0.4 is 4.90 Å². The Balaban J connectivity index is 1.70. The second-order valence-corrected chi connectivity index (χ2v) is 7.89. The molecule has 1 aliphatic heterocycles. The normalized spacial score (nSPS) is 16.3. The lowest BCUT2D eigenvalue weighted by molar-refractivity contribution is 0.477. The second kappa shape index (κ2) is 7.58. The van der Waals surface area contributed by atoms with Crippen molar-refractivity contribution in [2.24, 2.45) is 0 Å². The van der Waals surface area contributed by atoms with Gasteiger partial charge in [-0.15, -0.1) is 0 Å². The molecule has 1 saturated heterocycles. The Labute approximate surface area is 178 Å². The van der Waals surface area contributed by atoms with Gasteiger partial charge in [-0.3, -0.25) is 0 Å². The molecule has 4 nitrogen and oxygen atoms in total. The molecule has 0 amide bonds. The van der Waals surface area contributed by atoms with E-state index in [2.05, 4.69) is 16.0 Å². The molecule has 1 aliphatic rings. The smallest absolute Gasteiger partial charge is 0.165 e. The Hall–Kier alpha value is -3.18. The summed E-state index contributed by atoms with van der Waals surface area (Å²) in [7, 11) is 0. The molecule has 0 bridgehead atoms. The Morgan fingerprint density at radius 3 is 2.70 bits per heavy atom. The molecule has 1 unspecified atom stereocenters. The van der Waals surface area contributed by atoms with E-state index in [4.69, 9.17) is 16.6 Å². The maximum atomic E-state index is 14.1. The predicted octanol–water partition coefficient (Wildman–Crippen LogP) is 6.14. The Kier molecular flexibility index (Phi) is 4.75. The fourth-order valence-electron chi connectivity index (χ4n) is 4.17. The van der Waals surface area contributed by atoms with E-state index in [-0.39, 0.29) is 17.6 Å². The lowest BCUT2D eigenvalue weighted by atomic mass is 10.0. The number of aromatic nitrogens is 2. The van der Waals surface area contributed by atoms with Gasteiger partial charge in [-0.1, -0.05) is 35.9 Å². The van der Waals surface area contributed by atoms with Gasteiger partial charge in [0, 0.05) is 17.0 Å². The van der Waals surface area contributed by atoms with Crippen LogP contribution in [-0.4, -0.2) is 21.6 Å². The molecule has 0 radical (unpaired) electrons. The van der Waals surface area contributed by atoms with Crippen LogP contribution in [0.25, 0.3) is 22.3 Å². The van der Waals surface area contributed by atoms with E-state index >= 15 is 0 Å². The highest BCUT2D eigenvalue weighted by atomic mass is 35.5. The number of para-hydroxylation sites is 1. The minimum absolute atomic E-state index is 0.0855. The van der Waals surface area contributed by atoms with Crippen LogP contribution in [0.3, 0.4) is 0 Å². The van der Waals surface area contributed by atoms with E-state index in [1.165, 1.54) is 12.1 Å². The summed E-state index contributed by atoms with van der Waals surface area (Å²) in [5.74, 6) is 0.859. The fourth-order valence-corrected chi connectivity index (χ4v) is 4.37. The van der Waals surface area contributed by atoms with Crippen LogP contribution in [-0.2, 0) is 0 Å². The van der Waals surface area contributed by atoms with Gasteiger partial charge >= 0.3 is 0 Å². The highest BCUT2D eigenvalue weighted by Crippen LogP contribution is 2.40. The zero-order chi connectivity index (χ0) is 20.7. The minimum atomic E-state index is -0.332. The van der Waals surface area contributed by atoms with E-state index in [9.17, 15) is 9.50 Å². The van der Waals surface area contributed by atoms with Gasteiger partial charge in [0.25, 0.3) is 0 Å². The summed E-state index contributed by atoms with van der Waals surface area (Å²) >= 11 is 6.23. The summed E-state index contributed by atoms with van der Waals surface area (Å²) in [5, 5.41) is 11.7. The minimum Gasteiger partial charge on any atom is -0.507 e. The van der Waals surface area contributed by atoms with Gasteiger partial charge in [0.1, 0.15) is 17.4 Å². The van der Waals surface area contributed by atoms with Crippen molar-refractivity contribution in [2.75, 3.05) is 11.4 Å². The number of phenolic OH excluding ortho intramolecular Hbond substituents is 1. The van der Waals surface area contributed by atoms with Gasteiger partial charge in [0.2, 0.25) is 0 Å². The average Bonchev–Trinajstić information content (AvgIpc) is 3.23. The summed E-state index contributed by atoms with van der Waals surface area (Å²) < 4.78 is 14.1. The van der Waals surface area contributed by atoms with Crippen LogP contribution in [0.1, 0.15) is 24.4 Å². The maximum absolute atomic E-state index is 14.1. The van der Waals surface area contributed by atoms with Crippen molar-refractivity contribution in [1.82, 2.24) is 9.97 Å². The Morgan fingerprint density at radius 2 is 1.87 bits per heavy atom. The van der Waals surface area contributed by atoms with E-state index in [1.807, 2.05) is 24.3 Å². The molecule has 6 heteroatoms. The van der Waals surface area contributed by atoms with Crippen LogP contribution in [0, 0.1) is 5.82 Å². The molecule has 0 spiro atoms. The summed E-state index contributed by atoms with van der Waals surface area (Å²) in [6.45, 7) is 0.792. The zero-order valence-electron chi connectivity index (χ0n) is 16.1. The van der Waals surface area contributed by atoms with Crippen molar-refractivity contribution in [1.29, 1.82) is 0 Å². The lowest BCUT2D eigenvalue weighted by Crippen LogP contribution is -2.24. The third-order valence-corrected chi connectivity index (χ3v) is 5.78. The van der Waals surface area contributed by atoms with Crippen LogP contribution >= 0.6 is 11.6 Å². The van der Waals surface area contributed by atoms with Crippen molar-refractivity contribution in [3.05, 3.63) is 83.1 Å². The number of rotatable bonds is 3. The topological polar surface area (TPSA) is 49.3 Å². The van der Waals surface area contributed by atoms with Crippen LogP contribution in [0.15, 0.2) is 66.7 Å². The molecule has 4 aromatic rings. The molecule has 1 aromatic heterocycles. The molecule has 150 valence electrons. The first-order valence-electron chi connectivity index (χ1n) is 9.88. The van der Waals surface area contributed by atoms with Gasteiger partial charge in [-0.25, -0.2) is 14.4 Å². The third kappa shape index (κ3) is 3.35. The van der Waals surface area contributed by atoms with Gasteiger partial charge in [-0.2, -0.15) is 0 Å². The summed E-state index contributed by atoms with van der Waals surface area (Å²) in [5.41, 5.74) is 2.28. The molecule has 5 rings (SSSR count). The van der Waals surface area contributed by atoms with Crippen LogP contribution in [0.4, 0.5) is 10.2 Å². The van der Waals surface area contributed by atoms with Crippen molar-refractivity contribution in [3.8, 4) is 17.1 Å². The summed E-state index contributed by atoms with van der Waals surface area (Å²) in [6, 6.07) is 19.4. The van der Waals surface area contributed by atoms with Crippen LogP contribution in [0.2, 0.25) is 5.02 Å². The van der Waals surface area contributed by atoms with Crippen molar-refractivity contribution in [3.63, 3.8) is 0 Å². The van der Waals surface area contributed by atoms with Crippen molar-refractivity contribution in [2.45, 2.75) is 18.9 Å². The number of anilines is 1. The second-order valence-electron chi connectivity index (χ2n) is 7.46. The predicted molar refractivity (Wildman–Crippen MR) is 117 cm³/mol. The Bertz CT molecular complexity index is 1250. The summed E-state index contributed by atoms with van der Waals surface area (Å²) in [4.78, 5) is 11.6. The molecule has 1 N–H and O–H groups in total. The average molecular weight is 420 g/mol. The first-order valence-corrected chi connectivity index (χ1v) is 10.3. The number of fused-ring (bicyclic) bond motifs is 1.